The molecule has 0 aromatic rings. The molecule has 0 aromatic carbocycles. The van der Waals surface area contributed by atoms with E-state index in [1.807, 2.05) is 0 Å². The molecule has 1 saturated heterocycles. The molecule has 0 bridgehead atoms. The Morgan fingerprint density at radius 3 is 2.38 bits per heavy atom. The van der Waals surface area contributed by atoms with Crippen molar-refractivity contribution in [3.63, 3.8) is 0 Å². The van der Waals surface area contributed by atoms with E-state index in [1.54, 1.807) is 0 Å². The van der Waals surface area contributed by atoms with Gasteiger partial charge in [0.2, 0.25) is 0 Å². The molecule has 76 valence electrons. The molecular weight excluding hydrogens is 160 g/mol. The second-order valence-electron chi connectivity index (χ2n) is 5.09. The average molecular weight is 182 g/mol. The van der Waals surface area contributed by atoms with Crippen molar-refractivity contribution in [3.8, 4) is 0 Å². The highest BCUT2D eigenvalue weighted by Gasteiger charge is 2.31. The van der Waals surface area contributed by atoms with Gasteiger partial charge >= 0.3 is 0 Å². The second kappa shape index (κ2) is 3.33. The van der Waals surface area contributed by atoms with E-state index in [1.165, 1.54) is 5.70 Å². The van der Waals surface area contributed by atoms with E-state index in [0.717, 1.165) is 13.1 Å². The van der Waals surface area contributed by atoms with Gasteiger partial charge in [0, 0.05) is 37.4 Å². The van der Waals surface area contributed by atoms with E-state index < -0.39 is 0 Å². The smallest absolute Gasteiger partial charge is 0.0386 e. The molecule has 1 aliphatic heterocycles. The Kier molecular flexibility index (Phi) is 2.71. The van der Waals surface area contributed by atoms with Crippen LogP contribution in [0.2, 0.25) is 0 Å². The third-order valence-electron chi connectivity index (χ3n) is 2.82. The molecule has 0 N–H and O–H groups in total. The Bertz CT molecular complexity index is 203. The first-order valence-electron chi connectivity index (χ1n) is 4.98. The Hall–Kier alpha value is -0.500. The Labute approximate surface area is 82.2 Å². The van der Waals surface area contributed by atoms with E-state index >= 15 is 0 Å². The van der Waals surface area contributed by atoms with Crippen LogP contribution < -0.4 is 0 Å². The molecular formula is C11H22N2. The van der Waals surface area contributed by atoms with Crippen LogP contribution >= 0.6 is 0 Å². The highest BCUT2D eigenvalue weighted by molar-refractivity contribution is 5.04. The van der Waals surface area contributed by atoms with Crippen LogP contribution in [-0.2, 0) is 0 Å². The lowest BCUT2D eigenvalue weighted by molar-refractivity contribution is 0.0518. The van der Waals surface area contributed by atoms with Crippen LogP contribution in [0.4, 0.5) is 0 Å². The highest BCUT2D eigenvalue weighted by Crippen LogP contribution is 2.23. The molecule has 2 nitrogen and oxygen atoms in total. The van der Waals surface area contributed by atoms with E-state index in [9.17, 15) is 0 Å². The van der Waals surface area contributed by atoms with Crippen molar-refractivity contribution in [1.82, 2.24) is 9.80 Å². The molecule has 1 aliphatic rings. The predicted molar refractivity (Wildman–Crippen MR) is 57.7 cm³/mol. The molecule has 2 heteroatoms. The summed E-state index contributed by atoms with van der Waals surface area (Å²) >= 11 is 0. The fraction of sp³-hybridized carbons (Fsp3) is 0.818. The minimum atomic E-state index is 0.254. The summed E-state index contributed by atoms with van der Waals surface area (Å²) in [6.45, 7) is 15.3. The lowest BCUT2D eigenvalue weighted by Crippen LogP contribution is -2.56. The molecule has 1 atom stereocenters. The standard InChI is InChI=1S/C11H22N2/c1-9-8-13(11(3,4)5)10(2)7-12(9)6/h10H,1,7-8H2,2-6H3/t10-/m1/s1. The number of hydrogen-bond donors (Lipinski definition) is 0. The molecule has 0 saturated carbocycles. The largest absolute Gasteiger partial charge is 0.376 e. The van der Waals surface area contributed by atoms with Crippen LogP contribution in [0.15, 0.2) is 12.3 Å². The van der Waals surface area contributed by atoms with Gasteiger partial charge in [0.25, 0.3) is 0 Å². The SMILES string of the molecule is C=C1CN(C(C)(C)C)[C@H](C)CN1C. The molecule has 0 unspecified atom stereocenters. The molecule has 1 heterocycles. The van der Waals surface area contributed by atoms with Crippen LogP contribution in [0.25, 0.3) is 0 Å². The monoisotopic (exact) mass is 182 g/mol. The maximum Gasteiger partial charge on any atom is 0.0386 e. The first-order valence-corrected chi connectivity index (χ1v) is 4.98. The topological polar surface area (TPSA) is 6.48 Å². The summed E-state index contributed by atoms with van der Waals surface area (Å²) in [6, 6.07) is 0.621. The van der Waals surface area contributed by atoms with Crippen LogP contribution in [-0.4, -0.2) is 41.5 Å². The first-order chi connectivity index (χ1) is 5.82. The maximum absolute atomic E-state index is 4.08. The zero-order chi connectivity index (χ0) is 10.2. The second-order valence-corrected chi connectivity index (χ2v) is 5.09. The van der Waals surface area contributed by atoms with Gasteiger partial charge in [-0.1, -0.05) is 6.58 Å². The van der Waals surface area contributed by atoms with Crippen LogP contribution in [0, 0.1) is 0 Å². The summed E-state index contributed by atoms with van der Waals surface area (Å²) in [6.07, 6.45) is 0. The van der Waals surface area contributed by atoms with Gasteiger partial charge in [-0.25, -0.2) is 0 Å². The molecule has 0 amide bonds. The highest BCUT2D eigenvalue weighted by atomic mass is 15.3. The van der Waals surface area contributed by atoms with Crippen molar-refractivity contribution in [2.75, 3.05) is 20.1 Å². The van der Waals surface area contributed by atoms with Crippen molar-refractivity contribution in [1.29, 1.82) is 0 Å². The van der Waals surface area contributed by atoms with Gasteiger partial charge in [-0.2, -0.15) is 0 Å². The van der Waals surface area contributed by atoms with Crippen LogP contribution in [0.3, 0.4) is 0 Å². The molecule has 0 spiro atoms. The summed E-state index contributed by atoms with van der Waals surface area (Å²) in [5.41, 5.74) is 1.48. The number of piperazine rings is 1. The molecule has 0 radical (unpaired) electrons. The fourth-order valence-corrected chi connectivity index (χ4v) is 2.00. The van der Waals surface area contributed by atoms with Crippen molar-refractivity contribution in [2.24, 2.45) is 0 Å². The Morgan fingerprint density at radius 1 is 1.38 bits per heavy atom. The minimum Gasteiger partial charge on any atom is -0.376 e. The summed E-state index contributed by atoms with van der Waals surface area (Å²) in [5, 5.41) is 0. The molecule has 1 fully saturated rings. The first kappa shape index (κ1) is 10.6. The summed E-state index contributed by atoms with van der Waals surface area (Å²) < 4.78 is 0. The minimum absolute atomic E-state index is 0.254. The number of likely N-dealkylation sites (N-methyl/N-ethyl adjacent to an activating group) is 1. The fourth-order valence-electron chi connectivity index (χ4n) is 2.00. The third-order valence-corrected chi connectivity index (χ3v) is 2.82. The summed E-state index contributed by atoms with van der Waals surface area (Å²) in [7, 11) is 2.12. The van der Waals surface area contributed by atoms with Crippen molar-refractivity contribution < 1.29 is 0 Å². The van der Waals surface area contributed by atoms with Crippen molar-refractivity contribution in [3.05, 3.63) is 12.3 Å². The van der Waals surface area contributed by atoms with Crippen LogP contribution in [0.1, 0.15) is 27.7 Å². The quantitative estimate of drug-likeness (QED) is 0.565. The van der Waals surface area contributed by atoms with Gasteiger partial charge in [-0.3, -0.25) is 4.90 Å². The van der Waals surface area contributed by atoms with E-state index in [4.69, 9.17) is 0 Å². The maximum atomic E-state index is 4.08. The van der Waals surface area contributed by atoms with Gasteiger partial charge in [-0.15, -0.1) is 0 Å². The van der Waals surface area contributed by atoms with Gasteiger partial charge in [0.1, 0.15) is 0 Å². The molecule has 0 aromatic heterocycles. The zero-order valence-corrected chi connectivity index (χ0v) is 9.59. The van der Waals surface area contributed by atoms with E-state index in [2.05, 4.69) is 51.1 Å². The average Bonchev–Trinajstić information content (AvgIpc) is 1.94. The lowest BCUT2D eigenvalue weighted by Gasteiger charge is -2.47. The Morgan fingerprint density at radius 2 is 1.92 bits per heavy atom. The van der Waals surface area contributed by atoms with Crippen molar-refractivity contribution >= 4 is 0 Å². The van der Waals surface area contributed by atoms with Gasteiger partial charge in [0.05, 0.1) is 0 Å². The third kappa shape index (κ3) is 2.25. The summed E-state index contributed by atoms with van der Waals surface area (Å²) in [5.74, 6) is 0. The van der Waals surface area contributed by atoms with Gasteiger partial charge in [0.15, 0.2) is 0 Å². The van der Waals surface area contributed by atoms with Gasteiger partial charge in [-0.05, 0) is 27.7 Å². The number of rotatable bonds is 0. The number of hydrogen-bond acceptors (Lipinski definition) is 2. The normalized spacial score (nSPS) is 26.7. The van der Waals surface area contributed by atoms with E-state index in [0.29, 0.717) is 6.04 Å². The summed E-state index contributed by atoms with van der Waals surface area (Å²) in [4.78, 5) is 4.77. The molecule has 13 heavy (non-hydrogen) atoms. The molecule has 0 aliphatic carbocycles. The van der Waals surface area contributed by atoms with Crippen LogP contribution in [0.5, 0.6) is 0 Å². The van der Waals surface area contributed by atoms with Gasteiger partial charge < -0.3 is 4.90 Å². The Balaban J connectivity index is 2.73. The predicted octanol–water partition coefficient (Wildman–Crippen LogP) is 1.93. The zero-order valence-electron chi connectivity index (χ0n) is 9.59. The molecule has 1 rings (SSSR count). The number of nitrogens with zero attached hydrogens (tertiary/aromatic N) is 2. The lowest BCUT2D eigenvalue weighted by atomic mass is 10.0. The van der Waals surface area contributed by atoms with Crippen molar-refractivity contribution in [2.45, 2.75) is 39.3 Å². The van der Waals surface area contributed by atoms with E-state index in [-0.39, 0.29) is 5.54 Å².